The lowest BCUT2D eigenvalue weighted by Crippen LogP contribution is -2.52. The molecule has 1 heterocycles. The summed E-state index contributed by atoms with van der Waals surface area (Å²) >= 11 is 12.1. The topological polar surface area (TPSA) is 103 Å². The number of carboxylic acid groups (broad SMARTS) is 1. The Morgan fingerprint density at radius 2 is 1.73 bits per heavy atom. The number of hydrogen-bond donors (Lipinski definition) is 2. The van der Waals surface area contributed by atoms with E-state index in [1.54, 1.807) is 39.8 Å². The molecule has 1 atom stereocenters. The minimum atomic E-state index is -4.34. The molecule has 30 heavy (non-hydrogen) atoms. The van der Waals surface area contributed by atoms with E-state index in [1.807, 2.05) is 0 Å². The SMILES string of the molecule is Cc1[nH]nc2ccc(N(C(C(=O)O)C(C)(C)C)S(=O)(=O)c3cc(Cl)cc(Cl)c3)cc12. The molecule has 160 valence electrons. The molecule has 2 N–H and O–H groups in total. The third kappa shape index (κ3) is 4.12. The average molecular weight is 470 g/mol. The van der Waals surface area contributed by atoms with Crippen LogP contribution in [0.25, 0.3) is 10.9 Å². The molecule has 0 aliphatic rings. The summed E-state index contributed by atoms with van der Waals surface area (Å²) in [6, 6.07) is 7.30. The van der Waals surface area contributed by atoms with E-state index in [0.29, 0.717) is 10.9 Å². The number of fused-ring (bicyclic) bond motifs is 1. The summed E-state index contributed by atoms with van der Waals surface area (Å²) in [4.78, 5) is 12.1. The number of sulfonamides is 1. The van der Waals surface area contributed by atoms with E-state index >= 15 is 0 Å². The van der Waals surface area contributed by atoms with Gasteiger partial charge >= 0.3 is 5.97 Å². The first kappa shape index (κ1) is 22.4. The van der Waals surface area contributed by atoms with Gasteiger partial charge in [0, 0.05) is 21.1 Å². The van der Waals surface area contributed by atoms with Gasteiger partial charge in [0.1, 0.15) is 6.04 Å². The number of rotatable bonds is 5. The van der Waals surface area contributed by atoms with Crippen molar-refractivity contribution in [3.8, 4) is 0 Å². The van der Waals surface area contributed by atoms with Crippen LogP contribution in [0.3, 0.4) is 0 Å². The minimum absolute atomic E-state index is 0.129. The predicted octanol–water partition coefficient (Wildman–Crippen LogP) is 4.87. The molecule has 7 nitrogen and oxygen atoms in total. The van der Waals surface area contributed by atoms with Gasteiger partial charge in [-0.15, -0.1) is 0 Å². The second kappa shape index (κ2) is 7.76. The average Bonchev–Trinajstić information content (AvgIpc) is 2.97. The first-order valence-corrected chi connectivity index (χ1v) is 11.2. The number of nitrogens with one attached hydrogen (secondary N) is 1. The number of carboxylic acids is 1. The normalized spacial score (nSPS) is 13.4. The van der Waals surface area contributed by atoms with Gasteiger partial charge in [-0.2, -0.15) is 5.10 Å². The van der Waals surface area contributed by atoms with Gasteiger partial charge in [-0.3, -0.25) is 9.40 Å². The summed E-state index contributed by atoms with van der Waals surface area (Å²) in [7, 11) is -4.34. The Morgan fingerprint density at radius 1 is 1.13 bits per heavy atom. The van der Waals surface area contributed by atoms with Crippen LogP contribution in [0.5, 0.6) is 0 Å². The Labute approximate surface area is 184 Å². The van der Waals surface area contributed by atoms with Crippen molar-refractivity contribution in [2.45, 2.75) is 38.6 Å². The van der Waals surface area contributed by atoms with Crippen molar-refractivity contribution < 1.29 is 18.3 Å². The number of hydrogen-bond acceptors (Lipinski definition) is 4. The van der Waals surface area contributed by atoms with Gasteiger partial charge in [0.2, 0.25) is 0 Å². The molecule has 1 aromatic heterocycles. The Kier molecular flexibility index (Phi) is 5.79. The molecule has 0 aliphatic heterocycles. The summed E-state index contributed by atoms with van der Waals surface area (Å²) in [5, 5.41) is 17.9. The molecule has 3 rings (SSSR count). The van der Waals surface area contributed by atoms with Crippen LogP contribution in [0, 0.1) is 12.3 Å². The number of carbonyl (C=O) groups is 1. The number of aliphatic carboxylic acids is 1. The van der Waals surface area contributed by atoms with E-state index in [-0.39, 0.29) is 20.6 Å². The maximum atomic E-state index is 13.7. The van der Waals surface area contributed by atoms with Crippen LogP contribution in [-0.2, 0) is 14.8 Å². The fourth-order valence-corrected chi connectivity index (χ4v) is 5.81. The maximum Gasteiger partial charge on any atom is 0.328 e. The Balaban J connectivity index is 2.33. The standard InChI is InChI=1S/C20H21Cl2N3O4S/c1-11-16-10-14(5-6-17(16)24-23-11)25(18(19(26)27)20(2,3)4)30(28,29)15-8-12(21)7-13(22)9-15/h5-10,18H,1-4H3,(H,23,24)(H,26,27). The first-order valence-electron chi connectivity index (χ1n) is 9.00. The van der Waals surface area contributed by atoms with E-state index in [1.165, 1.54) is 24.3 Å². The quantitative estimate of drug-likeness (QED) is 0.554. The van der Waals surface area contributed by atoms with Crippen molar-refractivity contribution in [3.63, 3.8) is 0 Å². The van der Waals surface area contributed by atoms with Crippen LogP contribution >= 0.6 is 23.2 Å². The lowest BCUT2D eigenvalue weighted by atomic mass is 9.86. The maximum absolute atomic E-state index is 13.7. The van der Waals surface area contributed by atoms with Crippen molar-refractivity contribution in [3.05, 3.63) is 52.1 Å². The van der Waals surface area contributed by atoms with Crippen molar-refractivity contribution in [2.24, 2.45) is 5.41 Å². The fourth-order valence-electron chi connectivity index (χ4n) is 3.30. The number of anilines is 1. The molecular weight excluding hydrogens is 449 g/mol. The van der Waals surface area contributed by atoms with E-state index in [0.717, 1.165) is 10.00 Å². The molecule has 3 aromatic rings. The molecule has 0 spiro atoms. The summed E-state index contributed by atoms with van der Waals surface area (Å²) in [5.74, 6) is -1.27. The predicted molar refractivity (Wildman–Crippen MR) is 118 cm³/mol. The molecule has 0 aliphatic carbocycles. The van der Waals surface area contributed by atoms with Crippen LogP contribution in [0.1, 0.15) is 26.5 Å². The van der Waals surface area contributed by atoms with E-state index in [2.05, 4.69) is 10.2 Å². The molecule has 1 unspecified atom stereocenters. The van der Waals surface area contributed by atoms with Crippen molar-refractivity contribution in [1.82, 2.24) is 10.2 Å². The number of benzene rings is 2. The van der Waals surface area contributed by atoms with E-state index in [9.17, 15) is 18.3 Å². The van der Waals surface area contributed by atoms with Crippen LogP contribution in [0.4, 0.5) is 5.69 Å². The number of nitrogens with zero attached hydrogens (tertiary/aromatic N) is 2. The van der Waals surface area contributed by atoms with Crippen LogP contribution in [0.2, 0.25) is 10.0 Å². The zero-order valence-electron chi connectivity index (χ0n) is 16.8. The number of aromatic nitrogens is 2. The van der Waals surface area contributed by atoms with Crippen LogP contribution in [-0.4, -0.2) is 35.7 Å². The van der Waals surface area contributed by atoms with Gasteiger partial charge in [0.05, 0.1) is 16.1 Å². The molecule has 0 saturated heterocycles. The van der Waals surface area contributed by atoms with Gasteiger partial charge in [0.25, 0.3) is 10.0 Å². The second-order valence-electron chi connectivity index (χ2n) is 8.06. The third-order valence-corrected chi connectivity index (χ3v) is 6.87. The zero-order chi connectivity index (χ0) is 22.4. The largest absolute Gasteiger partial charge is 0.480 e. The van der Waals surface area contributed by atoms with Crippen molar-refractivity contribution in [1.29, 1.82) is 0 Å². The second-order valence-corrected chi connectivity index (χ2v) is 10.8. The highest BCUT2D eigenvalue weighted by Gasteiger charge is 2.43. The van der Waals surface area contributed by atoms with Crippen molar-refractivity contribution in [2.75, 3.05) is 4.31 Å². The summed E-state index contributed by atoms with van der Waals surface area (Å²) in [6.45, 7) is 6.80. The highest BCUT2D eigenvalue weighted by Crippen LogP contribution is 2.37. The monoisotopic (exact) mass is 469 g/mol. The zero-order valence-corrected chi connectivity index (χ0v) is 19.1. The van der Waals surface area contributed by atoms with Gasteiger partial charge < -0.3 is 5.11 Å². The third-order valence-electron chi connectivity index (χ3n) is 4.66. The highest BCUT2D eigenvalue weighted by molar-refractivity contribution is 7.93. The van der Waals surface area contributed by atoms with Gasteiger partial charge in [0.15, 0.2) is 0 Å². The molecule has 2 aromatic carbocycles. The summed E-state index contributed by atoms with van der Waals surface area (Å²) < 4.78 is 28.3. The van der Waals surface area contributed by atoms with E-state index < -0.39 is 27.4 Å². The van der Waals surface area contributed by atoms with E-state index in [4.69, 9.17) is 23.2 Å². The van der Waals surface area contributed by atoms with Gasteiger partial charge in [-0.1, -0.05) is 44.0 Å². The number of aryl methyl sites for hydroxylation is 1. The molecule has 0 radical (unpaired) electrons. The Hall–Kier alpha value is -2.29. The van der Waals surface area contributed by atoms with Crippen LogP contribution in [0.15, 0.2) is 41.3 Å². The minimum Gasteiger partial charge on any atom is -0.480 e. The number of halogens is 2. The smallest absolute Gasteiger partial charge is 0.328 e. The fraction of sp³-hybridized carbons (Fsp3) is 0.300. The first-order chi connectivity index (χ1) is 13.8. The summed E-state index contributed by atoms with van der Waals surface area (Å²) in [6.07, 6.45) is 0. The van der Waals surface area contributed by atoms with Crippen LogP contribution < -0.4 is 4.31 Å². The van der Waals surface area contributed by atoms with Gasteiger partial charge in [-0.05, 0) is 48.7 Å². The highest BCUT2D eigenvalue weighted by atomic mass is 35.5. The molecule has 0 fully saturated rings. The lowest BCUT2D eigenvalue weighted by molar-refractivity contribution is -0.140. The molecule has 10 heteroatoms. The summed E-state index contributed by atoms with van der Waals surface area (Å²) in [5.41, 5.74) is 0.645. The van der Waals surface area contributed by atoms with Gasteiger partial charge in [-0.25, -0.2) is 13.2 Å². The molecular formula is C20H21Cl2N3O4S. The van der Waals surface area contributed by atoms with Crippen molar-refractivity contribution >= 4 is 55.8 Å². The molecule has 0 bridgehead atoms. The number of aromatic amines is 1. The Morgan fingerprint density at radius 3 is 2.27 bits per heavy atom. The lowest BCUT2D eigenvalue weighted by Gasteiger charge is -2.37. The number of H-pyrrole nitrogens is 1. The molecule has 0 amide bonds. The Bertz CT molecular complexity index is 1210. The molecule has 0 saturated carbocycles.